The molecule has 2 saturated heterocycles. The van der Waals surface area contributed by atoms with Gasteiger partial charge in [-0.05, 0) is 36.1 Å². The molecular formula is C24H24BrN3O3. The van der Waals surface area contributed by atoms with Crippen LogP contribution in [0.3, 0.4) is 0 Å². The van der Waals surface area contributed by atoms with Gasteiger partial charge < -0.3 is 5.32 Å². The Bertz CT molecular complexity index is 1090. The second-order valence-corrected chi connectivity index (χ2v) is 9.85. The van der Waals surface area contributed by atoms with E-state index in [1.165, 1.54) is 4.90 Å². The van der Waals surface area contributed by atoms with E-state index in [2.05, 4.69) is 26.6 Å². The third-order valence-corrected chi connectivity index (χ3v) is 7.38. The van der Waals surface area contributed by atoms with E-state index >= 15 is 0 Å². The smallest absolute Gasteiger partial charge is 0.250 e. The van der Waals surface area contributed by atoms with Gasteiger partial charge in [0.2, 0.25) is 17.7 Å². The highest BCUT2D eigenvalue weighted by molar-refractivity contribution is 9.10. The zero-order chi connectivity index (χ0) is 21.9. The van der Waals surface area contributed by atoms with Crippen LogP contribution in [0.4, 0.5) is 5.69 Å². The van der Waals surface area contributed by atoms with Crippen LogP contribution >= 0.6 is 15.9 Å². The lowest BCUT2D eigenvalue weighted by atomic mass is 9.76. The number of benzene rings is 2. The summed E-state index contributed by atoms with van der Waals surface area (Å²) >= 11 is 3.49. The number of halogens is 1. The van der Waals surface area contributed by atoms with E-state index in [0.29, 0.717) is 18.7 Å². The number of amides is 3. The lowest BCUT2D eigenvalue weighted by Crippen LogP contribution is -2.54. The second kappa shape index (κ2) is 7.28. The molecule has 1 spiro atoms. The zero-order valence-electron chi connectivity index (χ0n) is 17.4. The number of carbonyl (C=O) groups is 3. The minimum Gasteiger partial charge on any atom is -0.324 e. The van der Waals surface area contributed by atoms with Crippen molar-refractivity contribution in [3.8, 4) is 0 Å². The summed E-state index contributed by atoms with van der Waals surface area (Å²) in [7, 11) is 0. The fourth-order valence-corrected chi connectivity index (χ4v) is 5.81. The fourth-order valence-electron chi connectivity index (χ4n) is 5.44. The molecule has 3 aliphatic rings. The molecule has 0 bridgehead atoms. The van der Waals surface area contributed by atoms with Gasteiger partial charge in [-0.15, -0.1) is 0 Å². The van der Waals surface area contributed by atoms with Crippen LogP contribution in [0.15, 0.2) is 53.0 Å². The minimum absolute atomic E-state index is 0.0849. The number of hydrogen-bond acceptors (Lipinski definition) is 4. The van der Waals surface area contributed by atoms with E-state index < -0.39 is 17.4 Å². The third kappa shape index (κ3) is 2.90. The van der Waals surface area contributed by atoms with Crippen molar-refractivity contribution in [3.63, 3.8) is 0 Å². The van der Waals surface area contributed by atoms with Gasteiger partial charge in [-0.1, -0.05) is 60.1 Å². The molecule has 160 valence electrons. The number of nitrogens with zero attached hydrogens (tertiary/aromatic N) is 1. The van der Waals surface area contributed by atoms with Crippen molar-refractivity contribution >= 4 is 39.3 Å². The molecule has 4 atom stereocenters. The fraction of sp³-hybridized carbons (Fsp3) is 0.375. The Morgan fingerprint density at radius 2 is 1.81 bits per heavy atom. The lowest BCUT2D eigenvalue weighted by molar-refractivity contribution is -0.142. The van der Waals surface area contributed by atoms with Crippen LogP contribution in [-0.4, -0.2) is 35.2 Å². The number of carbonyl (C=O) groups excluding carboxylic acids is 3. The van der Waals surface area contributed by atoms with Crippen LogP contribution in [-0.2, 0) is 26.3 Å². The van der Waals surface area contributed by atoms with Crippen molar-refractivity contribution in [2.75, 3.05) is 11.9 Å². The molecule has 0 radical (unpaired) electrons. The summed E-state index contributed by atoms with van der Waals surface area (Å²) in [6, 6.07) is 15.1. The Morgan fingerprint density at radius 3 is 2.52 bits per heavy atom. The molecule has 5 rings (SSSR count). The Hall–Kier alpha value is -2.51. The Kier molecular flexibility index (Phi) is 4.79. The highest BCUT2D eigenvalue weighted by atomic mass is 79.9. The maximum atomic E-state index is 13.7. The molecule has 0 unspecified atom stereocenters. The standard InChI is InChI=1S/C24H24BrN3O3/c1-13(2)20-18-19(22(30)28(21(18)29)11-10-14-6-4-3-5-7-14)24(27-20)16-12-15(25)8-9-17(16)26-23(24)31/h3-9,12-13,18-20,27H,10-11H2,1-2H3,(H,26,31)/t18-,19-,20-,24+/m0/s1. The number of likely N-dealkylation sites (tertiary alicyclic amines) is 1. The molecule has 3 amide bonds. The van der Waals surface area contributed by atoms with Crippen molar-refractivity contribution < 1.29 is 14.4 Å². The summed E-state index contributed by atoms with van der Waals surface area (Å²) in [6.45, 7) is 4.36. The number of hydrogen-bond donors (Lipinski definition) is 2. The Morgan fingerprint density at radius 1 is 1.06 bits per heavy atom. The summed E-state index contributed by atoms with van der Waals surface area (Å²) in [5, 5.41) is 6.39. The molecule has 0 saturated carbocycles. The highest BCUT2D eigenvalue weighted by Crippen LogP contribution is 2.54. The summed E-state index contributed by atoms with van der Waals surface area (Å²) in [5.74, 6) is -1.92. The topological polar surface area (TPSA) is 78.5 Å². The number of nitrogens with one attached hydrogen (secondary N) is 2. The van der Waals surface area contributed by atoms with Crippen LogP contribution in [0, 0.1) is 17.8 Å². The van der Waals surface area contributed by atoms with Crippen molar-refractivity contribution in [1.29, 1.82) is 0 Å². The average molecular weight is 482 g/mol. The average Bonchev–Trinajstić information content (AvgIpc) is 3.33. The van der Waals surface area contributed by atoms with E-state index in [4.69, 9.17) is 0 Å². The Balaban J connectivity index is 1.55. The summed E-state index contributed by atoms with van der Waals surface area (Å²) in [4.78, 5) is 41.9. The van der Waals surface area contributed by atoms with Gasteiger partial charge in [0.05, 0.1) is 11.8 Å². The van der Waals surface area contributed by atoms with Crippen LogP contribution in [0.2, 0.25) is 0 Å². The molecule has 2 N–H and O–H groups in total. The number of fused-ring (bicyclic) bond motifs is 4. The van der Waals surface area contributed by atoms with Gasteiger partial charge in [-0.25, -0.2) is 0 Å². The van der Waals surface area contributed by atoms with Gasteiger partial charge in [0.25, 0.3) is 0 Å². The van der Waals surface area contributed by atoms with Crippen molar-refractivity contribution in [1.82, 2.24) is 10.2 Å². The summed E-state index contributed by atoms with van der Waals surface area (Å²) in [6.07, 6.45) is 0.596. The number of rotatable bonds is 4. The second-order valence-electron chi connectivity index (χ2n) is 8.93. The first-order valence-corrected chi connectivity index (χ1v) is 11.4. The molecule has 0 aliphatic carbocycles. The molecule has 31 heavy (non-hydrogen) atoms. The van der Waals surface area contributed by atoms with Crippen LogP contribution in [0.1, 0.15) is 25.0 Å². The number of anilines is 1. The molecular weight excluding hydrogens is 458 g/mol. The van der Waals surface area contributed by atoms with E-state index in [1.54, 1.807) is 0 Å². The predicted molar refractivity (Wildman–Crippen MR) is 120 cm³/mol. The lowest BCUT2D eigenvalue weighted by Gasteiger charge is -2.30. The van der Waals surface area contributed by atoms with Crippen molar-refractivity contribution in [3.05, 3.63) is 64.1 Å². The van der Waals surface area contributed by atoms with Gasteiger partial charge in [-0.3, -0.25) is 24.6 Å². The highest BCUT2D eigenvalue weighted by Gasteiger charge is 2.70. The van der Waals surface area contributed by atoms with E-state index in [-0.39, 0.29) is 29.7 Å². The minimum atomic E-state index is -1.23. The summed E-state index contributed by atoms with van der Waals surface area (Å²) < 4.78 is 0.825. The van der Waals surface area contributed by atoms with E-state index in [1.807, 2.05) is 62.4 Å². The van der Waals surface area contributed by atoms with E-state index in [0.717, 1.165) is 15.6 Å². The van der Waals surface area contributed by atoms with Crippen LogP contribution in [0.25, 0.3) is 0 Å². The first kappa shape index (κ1) is 20.4. The SMILES string of the molecule is CC(C)[C@@H]1N[C@@]2(C(=O)Nc3ccc(Br)cc32)[C@@H]2C(=O)N(CCc3ccccc3)C(=O)[C@@H]21. The maximum Gasteiger partial charge on any atom is 0.250 e. The molecule has 6 nitrogen and oxygen atoms in total. The van der Waals surface area contributed by atoms with Crippen molar-refractivity contribution in [2.45, 2.75) is 31.8 Å². The molecule has 3 aliphatic heterocycles. The van der Waals surface area contributed by atoms with Crippen LogP contribution in [0.5, 0.6) is 0 Å². The molecule has 2 fully saturated rings. The predicted octanol–water partition coefficient (Wildman–Crippen LogP) is 3.07. The molecule has 2 aromatic carbocycles. The Labute approximate surface area is 189 Å². The maximum absolute atomic E-state index is 13.7. The number of imide groups is 1. The van der Waals surface area contributed by atoms with Crippen molar-refractivity contribution in [2.24, 2.45) is 17.8 Å². The molecule has 3 heterocycles. The van der Waals surface area contributed by atoms with Gasteiger partial charge in [-0.2, -0.15) is 0 Å². The van der Waals surface area contributed by atoms with Gasteiger partial charge >= 0.3 is 0 Å². The quantitative estimate of drug-likeness (QED) is 0.657. The van der Waals surface area contributed by atoms with Gasteiger partial charge in [0.1, 0.15) is 5.54 Å². The normalized spacial score (nSPS) is 29.1. The first-order valence-electron chi connectivity index (χ1n) is 10.6. The molecule has 2 aromatic rings. The van der Waals surface area contributed by atoms with Gasteiger partial charge in [0, 0.05) is 28.3 Å². The third-order valence-electron chi connectivity index (χ3n) is 6.89. The summed E-state index contributed by atoms with van der Waals surface area (Å²) in [5.41, 5.74) is 1.26. The largest absolute Gasteiger partial charge is 0.324 e. The van der Waals surface area contributed by atoms with Crippen LogP contribution < -0.4 is 10.6 Å². The first-order chi connectivity index (χ1) is 14.8. The van der Waals surface area contributed by atoms with E-state index in [9.17, 15) is 14.4 Å². The molecule has 0 aromatic heterocycles. The monoisotopic (exact) mass is 481 g/mol. The zero-order valence-corrected chi connectivity index (χ0v) is 19.0. The molecule has 7 heteroatoms. The van der Waals surface area contributed by atoms with Gasteiger partial charge in [0.15, 0.2) is 0 Å².